The van der Waals surface area contributed by atoms with E-state index in [9.17, 15) is 14.4 Å². The molecule has 1 fully saturated rings. The molecule has 1 atom stereocenters. The number of nitrogens with two attached hydrogens (primary N) is 1. The molecule has 1 aliphatic carbocycles. The van der Waals surface area contributed by atoms with E-state index in [1.165, 1.54) is 14.2 Å². The van der Waals surface area contributed by atoms with Crippen LogP contribution in [-0.4, -0.2) is 49.4 Å². The molecule has 0 radical (unpaired) electrons. The number of hydrogen-bond acceptors (Lipinski definition) is 7. The first-order chi connectivity index (χ1) is 10.1. The smallest absolute Gasteiger partial charge is 0.424 e. The van der Waals surface area contributed by atoms with E-state index >= 15 is 0 Å². The van der Waals surface area contributed by atoms with Gasteiger partial charge >= 0.3 is 18.0 Å². The van der Waals surface area contributed by atoms with Crippen molar-refractivity contribution in [1.82, 2.24) is 5.01 Å². The lowest BCUT2D eigenvalue weighted by atomic mass is 10.0. The molecule has 0 saturated heterocycles. The Kier molecular flexibility index (Phi) is 5.39. The second kappa shape index (κ2) is 6.51. The van der Waals surface area contributed by atoms with Gasteiger partial charge in [0.05, 0.1) is 14.2 Å². The highest BCUT2D eigenvalue weighted by Crippen LogP contribution is 2.56. The van der Waals surface area contributed by atoms with Crippen LogP contribution in [0.5, 0.6) is 0 Å². The van der Waals surface area contributed by atoms with Crippen LogP contribution in [0.15, 0.2) is 0 Å². The molecule has 8 nitrogen and oxygen atoms in total. The Hall–Kier alpha value is -1.83. The monoisotopic (exact) mass is 316 g/mol. The van der Waals surface area contributed by atoms with Crippen molar-refractivity contribution in [1.29, 1.82) is 0 Å². The Morgan fingerprint density at radius 3 is 2.09 bits per heavy atom. The van der Waals surface area contributed by atoms with Crippen molar-refractivity contribution in [3.63, 3.8) is 0 Å². The molecule has 8 heteroatoms. The molecule has 0 heterocycles. The maximum Gasteiger partial charge on any atom is 0.424 e. The number of amides is 1. The fourth-order valence-corrected chi connectivity index (χ4v) is 2.33. The molecule has 0 unspecified atom stereocenters. The first kappa shape index (κ1) is 18.2. The summed E-state index contributed by atoms with van der Waals surface area (Å²) in [5, 5.41) is 0.933. The lowest BCUT2D eigenvalue weighted by Crippen LogP contribution is -2.42. The number of nitrogens with zero attached hydrogens (tertiary/aromatic N) is 1. The summed E-state index contributed by atoms with van der Waals surface area (Å²) in [5.74, 6) is 4.13. The lowest BCUT2D eigenvalue weighted by molar-refractivity contribution is -0.162. The first-order valence-corrected chi connectivity index (χ1v) is 7.00. The largest absolute Gasteiger partial charge is 0.468 e. The van der Waals surface area contributed by atoms with Crippen LogP contribution in [-0.2, 0) is 23.8 Å². The number of rotatable bonds is 5. The minimum Gasteiger partial charge on any atom is -0.468 e. The number of hydrogen-bond donors (Lipinski definition) is 1. The standard InChI is InChI=1S/C14H24N2O6/c1-13(2,3)22-12(19)16(15)7-6-9-8-14(9,10(17)20-4)11(18)21-5/h9H,6-8,15H2,1-5H3/t9-/m1/s1. The number of carbonyl (C=O) groups is 3. The zero-order chi connectivity index (χ0) is 17.1. The Balaban J connectivity index is 2.57. The van der Waals surface area contributed by atoms with Crippen molar-refractivity contribution in [3.8, 4) is 0 Å². The number of esters is 2. The van der Waals surface area contributed by atoms with Gasteiger partial charge in [-0.1, -0.05) is 0 Å². The van der Waals surface area contributed by atoms with E-state index in [4.69, 9.17) is 10.6 Å². The van der Waals surface area contributed by atoms with Crippen molar-refractivity contribution in [2.24, 2.45) is 17.2 Å². The zero-order valence-electron chi connectivity index (χ0n) is 13.7. The summed E-state index contributed by atoms with van der Waals surface area (Å²) in [4.78, 5) is 35.4. The molecular weight excluding hydrogens is 292 g/mol. The first-order valence-electron chi connectivity index (χ1n) is 7.00. The second-order valence-electron chi connectivity index (χ2n) is 6.32. The molecule has 0 aliphatic heterocycles. The van der Waals surface area contributed by atoms with Gasteiger partial charge in [0, 0.05) is 6.54 Å². The molecule has 0 aromatic heterocycles. The van der Waals surface area contributed by atoms with Crippen LogP contribution >= 0.6 is 0 Å². The maximum atomic E-state index is 11.8. The Bertz CT molecular complexity index is 441. The third-order valence-electron chi connectivity index (χ3n) is 3.55. The summed E-state index contributed by atoms with van der Waals surface area (Å²) >= 11 is 0. The normalized spacial score (nSPS) is 19.1. The van der Waals surface area contributed by atoms with Gasteiger partial charge in [-0.2, -0.15) is 0 Å². The molecule has 0 aromatic carbocycles. The van der Waals surface area contributed by atoms with E-state index in [0.717, 1.165) is 5.01 Å². The highest BCUT2D eigenvalue weighted by Gasteiger charge is 2.67. The van der Waals surface area contributed by atoms with Gasteiger partial charge in [-0.25, -0.2) is 15.6 Å². The average molecular weight is 316 g/mol. The molecule has 1 rings (SSSR count). The van der Waals surface area contributed by atoms with Crippen LogP contribution in [0.3, 0.4) is 0 Å². The molecule has 0 bridgehead atoms. The second-order valence-corrected chi connectivity index (χ2v) is 6.32. The minimum absolute atomic E-state index is 0.162. The molecule has 1 saturated carbocycles. The highest BCUT2D eigenvalue weighted by atomic mass is 16.6. The van der Waals surface area contributed by atoms with Crippen LogP contribution < -0.4 is 5.84 Å². The van der Waals surface area contributed by atoms with E-state index in [-0.39, 0.29) is 12.5 Å². The van der Waals surface area contributed by atoms with Crippen LogP contribution in [0, 0.1) is 11.3 Å². The third-order valence-corrected chi connectivity index (χ3v) is 3.55. The average Bonchev–Trinajstić information content (AvgIpc) is 3.16. The summed E-state index contributed by atoms with van der Waals surface area (Å²) in [5.41, 5.74) is -1.91. The van der Waals surface area contributed by atoms with E-state index in [1.54, 1.807) is 20.8 Å². The number of carbonyl (C=O) groups excluding carboxylic acids is 3. The summed E-state index contributed by atoms with van der Waals surface area (Å²) in [7, 11) is 2.44. The Morgan fingerprint density at radius 2 is 1.68 bits per heavy atom. The quantitative estimate of drug-likeness (QED) is 0.200. The van der Waals surface area contributed by atoms with E-state index in [0.29, 0.717) is 12.8 Å². The van der Waals surface area contributed by atoms with E-state index < -0.39 is 29.0 Å². The van der Waals surface area contributed by atoms with Crippen molar-refractivity contribution >= 4 is 18.0 Å². The third kappa shape index (κ3) is 3.88. The van der Waals surface area contributed by atoms with Crippen LogP contribution in [0.25, 0.3) is 0 Å². The summed E-state index contributed by atoms with van der Waals surface area (Å²) < 4.78 is 14.5. The topological polar surface area (TPSA) is 108 Å². The van der Waals surface area contributed by atoms with Crippen molar-refractivity contribution in [2.45, 2.75) is 39.2 Å². The predicted molar refractivity (Wildman–Crippen MR) is 76.3 cm³/mol. The fraction of sp³-hybridized carbons (Fsp3) is 0.786. The van der Waals surface area contributed by atoms with Crippen LogP contribution in [0.1, 0.15) is 33.6 Å². The van der Waals surface area contributed by atoms with Crippen molar-refractivity contribution in [2.75, 3.05) is 20.8 Å². The number of ether oxygens (including phenoxy) is 3. The van der Waals surface area contributed by atoms with Gasteiger partial charge < -0.3 is 14.2 Å². The van der Waals surface area contributed by atoms with Gasteiger partial charge in [0.2, 0.25) is 0 Å². The van der Waals surface area contributed by atoms with E-state index in [2.05, 4.69) is 9.47 Å². The van der Waals surface area contributed by atoms with Gasteiger partial charge in [-0.15, -0.1) is 0 Å². The summed E-state index contributed by atoms with van der Waals surface area (Å²) in [6.45, 7) is 5.37. The lowest BCUT2D eigenvalue weighted by Gasteiger charge is -2.24. The molecule has 0 aromatic rings. The summed E-state index contributed by atoms with van der Waals surface area (Å²) in [6, 6.07) is 0. The molecule has 22 heavy (non-hydrogen) atoms. The number of methoxy groups -OCH3 is 2. The van der Waals surface area contributed by atoms with Gasteiger partial charge in [0.15, 0.2) is 5.41 Å². The molecule has 126 valence electrons. The fourth-order valence-electron chi connectivity index (χ4n) is 2.33. The van der Waals surface area contributed by atoms with Gasteiger partial charge in [0.25, 0.3) is 0 Å². The molecule has 1 amide bonds. The summed E-state index contributed by atoms with van der Waals surface area (Å²) in [6.07, 6.45) is 0.0453. The molecule has 0 spiro atoms. The van der Waals surface area contributed by atoms with Gasteiger partial charge in [-0.3, -0.25) is 9.59 Å². The number of hydrazine groups is 1. The van der Waals surface area contributed by atoms with Crippen LogP contribution in [0.2, 0.25) is 0 Å². The van der Waals surface area contributed by atoms with Gasteiger partial charge in [-0.05, 0) is 39.5 Å². The SMILES string of the molecule is COC(=O)C1(C(=O)OC)C[C@H]1CCN(N)C(=O)OC(C)(C)C. The molecule has 2 N–H and O–H groups in total. The Morgan fingerprint density at radius 1 is 1.18 bits per heavy atom. The van der Waals surface area contributed by atoms with Crippen LogP contribution in [0.4, 0.5) is 4.79 Å². The molecule has 1 aliphatic rings. The van der Waals surface area contributed by atoms with Gasteiger partial charge in [0.1, 0.15) is 5.60 Å². The maximum absolute atomic E-state index is 11.8. The van der Waals surface area contributed by atoms with Crippen molar-refractivity contribution in [3.05, 3.63) is 0 Å². The zero-order valence-corrected chi connectivity index (χ0v) is 13.7. The minimum atomic E-state index is -1.27. The van der Waals surface area contributed by atoms with Crippen molar-refractivity contribution < 1.29 is 28.6 Å². The molecular formula is C14H24N2O6. The predicted octanol–water partition coefficient (Wildman–Crippen LogP) is 0.840. The Labute approximate surface area is 129 Å². The van der Waals surface area contributed by atoms with E-state index in [1.807, 2.05) is 0 Å². The highest BCUT2D eigenvalue weighted by molar-refractivity contribution is 6.03.